The van der Waals surface area contributed by atoms with E-state index < -0.39 is 0 Å². The molecule has 0 atom stereocenters. The molecule has 1 nitrogen and oxygen atoms in total. The van der Waals surface area contributed by atoms with Crippen LogP contribution in [-0.4, -0.2) is 5.78 Å². The maximum Gasteiger partial charge on any atom is 0.163 e. The minimum Gasteiger partial charge on any atom is -0.294 e. The van der Waals surface area contributed by atoms with Crippen molar-refractivity contribution in [2.45, 2.75) is 12.8 Å². The van der Waals surface area contributed by atoms with Crippen LogP contribution in [0, 0.1) is 0 Å². The number of Topliss-reactive ketones (excluding diaryl/α,β-unsaturated/α-hetero) is 1. The molecule has 0 radical (unpaired) electrons. The molecular weight excluding hydrogens is 196 g/mol. The largest absolute Gasteiger partial charge is 0.294 e. The van der Waals surface area contributed by atoms with Crippen LogP contribution >= 0.6 is 0 Å². The van der Waals surface area contributed by atoms with Crippen molar-refractivity contribution in [2.75, 3.05) is 0 Å². The smallest absolute Gasteiger partial charge is 0.163 e. The second-order valence-electron chi connectivity index (χ2n) is 4.16. The first-order valence-electron chi connectivity index (χ1n) is 5.56. The first-order valence-corrected chi connectivity index (χ1v) is 5.56. The summed E-state index contributed by atoms with van der Waals surface area (Å²) in [5.74, 6) is 0.287. The molecule has 1 heteroatoms. The highest BCUT2D eigenvalue weighted by atomic mass is 16.1. The number of ketones is 1. The molecule has 1 aliphatic carbocycles. The van der Waals surface area contributed by atoms with E-state index in [0.29, 0.717) is 6.42 Å². The average molecular weight is 208 g/mol. The van der Waals surface area contributed by atoms with Gasteiger partial charge >= 0.3 is 0 Å². The van der Waals surface area contributed by atoms with E-state index in [1.807, 2.05) is 30.3 Å². The predicted molar refractivity (Wildman–Crippen MR) is 64.5 cm³/mol. The van der Waals surface area contributed by atoms with Crippen LogP contribution in [0.2, 0.25) is 0 Å². The van der Waals surface area contributed by atoms with Crippen LogP contribution < -0.4 is 0 Å². The Balaban J connectivity index is 2.09. The van der Waals surface area contributed by atoms with Crippen molar-refractivity contribution in [1.29, 1.82) is 0 Å². The predicted octanol–water partition coefficient (Wildman–Crippen LogP) is 3.48. The van der Waals surface area contributed by atoms with Gasteiger partial charge in [0.2, 0.25) is 0 Å². The van der Waals surface area contributed by atoms with Crippen molar-refractivity contribution in [1.82, 2.24) is 0 Å². The van der Waals surface area contributed by atoms with E-state index in [1.54, 1.807) is 0 Å². The molecule has 0 aromatic heterocycles. The number of carbonyl (C=O) groups is 1. The van der Waals surface area contributed by atoms with Gasteiger partial charge < -0.3 is 0 Å². The Kier molecular flexibility index (Phi) is 2.10. The highest BCUT2D eigenvalue weighted by Crippen LogP contribution is 2.27. The Morgan fingerprint density at radius 2 is 1.62 bits per heavy atom. The van der Waals surface area contributed by atoms with Crippen molar-refractivity contribution in [3.63, 3.8) is 0 Å². The van der Waals surface area contributed by atoms with Gasteiger partial charge in [0.15, 0.2) is 5.78 Å². The van der Waals surface area contributed by atoms with Gasteiger partial charge in [-0.3, -0.25) is 4.79 Å². The third kappa shape index (κ3) is 1.45. The second kappa shape index (κ2) is 3.60. The Labute approximate surface area is 94.7 Å². The molecule has 0 spiro atoms. The van der Waals surface area contributed by atoms with E-state index in [2.05, 4.69) is 18.2 Å². The molecule has 0 aliphatic heterocycles. The summed E-state index contributed by atoms with van der Waals surface area (Å²) in [6.07, 6.45) is 1.57. The average Bonchev–Trinajstić information content (AvgIpc) is 2.72. The summed E-state index contributed by atoms with van der Waals surface area (Å²) in [6.45, 7) is 0. The first-order chi connectivity index (χ1) is 7.84. The molecule has 0 unspecified atom stereocenters. The Morgan fingerprint density at radius 3 is 2.44 bits per heavy atom. The minimum absolute atomic E-state index is 0.287. The van der Waals surface area contributed by atoms with Crippen molar-refractivity contribution in [2.24, 2.45) is 0 Å². The third-order valence-electron chi connectivity index (χ3n) is 3.13. The molecule has 0 bridgehead atoms. The molecule has 0 N–H and O–H groups in total. The van der Waals surface area contributed by atoms with Gasteiger partial charge in [0.25, 0.3) is 0 Å². The van der Waals surface area contributed by atoms with E-state index in [4.69, 9.17) is 0 Å². The molecule has 3 rings (SSSR count). The van der Waals surface area contributed by atoms with Crippen LogP contribution in [0.25, 0.3) is 11.1 Å². The van der Waals surface area contributed by atoms with Gasteiger partial charge in [-0.05, 0) is 23.1 Å². The standard InChI is InChI=1S/C15H12O/c16-15-9-7-13-10-12(6-8-14(13)15)11-4-2-1-3-5-11/h1-6,8,10H,7,9H2. The molecule has 0 saturated carbocycles. The lowest BCUT2D eigenvalue weighted by molar-refractivity contribution is 0.0994. The molecule has 0 heterocycles. The third-order valence-corrected chi connectivity index (χ3v) is 3.13. The minimum atomic E-state index is 0.287. The number of fused-ring (bicyclic) bond motifs is 1. The van der Waals surface area contributed by atoms with E-state index >= 15 is 0 Å². The fourth-order valence-corrected chi connectivity index (χ4v) is 2.27. The zero-order valence-corrected chi connectivity index (χ0v) is 8.94. The van der Waals surface area contributed by atoms with Crippen molar-refractivity contribution in [3.8, 4) is 11.1 Å². The van der Waals surface area contributed by atoms with Gasteiger partial charge in [-0.2, -0.15) is 0 Å². The SMILES string of the molecule is O=C1CCc2cc(-c3ccccc3)ccc21. The van der Waals surface area contributed by atoms with Crippen LogP contribution in [0.3, 0.4) is 0 Å². The number of aryl methyl sites for hydroxylation is 1. The summed E-state index contributed by atoms with van der Waals surface area (Å²) >= 11 is 0. The molecule has 0 saturated heterocycles. The van der Waals surface area contributed by atoms with Crippen LogP contribution in [0.5, 0.6) is 0 Å². The number of benzene rings is 2. The molecule has 2 aromatic carbocycles. The van der Waals surface area contributed by atoms with Gasteiger partial charge in [-0.1, -0.05) is 48.5 Å². The summed E-state index contributed by atoms with van der Waals surface area (Å²) in [5, 5.41) is 0. The quantitative estimate of drug-likeness (QED) is 0.701. The van der Waals surface area contributed by atoms with Gasteiger partial charge in [0.05, 0.1) is 0 Å². The lowest BCUT2D eigenvalue weighted by Gasteiger charge is -2.04. The van der Waals surface area contributed by atoms with Crippen molar-refractivity contribution < 1.29 is 4.79 Å². The van der Waals surface area contributed by atoms with E-state index in [0.717, 1.165) is 12.0 Å². The van der Waals surface area contributed by atoms with Crippen LogP contribution in [0.1, 0.15) is 22.3 Å². The van der Waals surface area contributed by atoms with Gasteiger partial charge in [-0.15, -0.1) is 0 Å². The molecule has 1 aliphatic rings. The molecule has 0 fully saturated rings. The maximum absolute atomic E-state index is 11.5. The zero-order valence-electron chi connectivity index (χ0n) is 8.94. The van der Waals surface area contributed by atoms with Crippen LogP contribution in [0.4, 0.5) is 0 Å². The summed E-state index contributed by atoms with van der Waals surface area (Å²) in [4.78, 5) is 11.5. The number of hydrogen-bond donors (Lipinski definition) is 0. The fraction of sp³-hybridized carbons (Fsp3) is 0.133. The monoisotopic (exact) mass is 208 g/mol. The molecule has 0 amide bonds. The highest BCUT2D eigenvalue weighted by molar-refractivity contribution is 6.00. The highest BCUT2D eigenvalue weighted by Gasteiger charge is 2.19. The summed E-state index contributed by atoms with van der Waals surface area (Å²) in [7, 11) is 0. The van der Waals surface area contributed by atoms with Gasteiger partial charge in [0, 0.05) is 12.0 Å². The first kappa shape index (κ1) is 9.34. The number of carbonyl (C=O) groups excluding carboxylic acids is 1. The van der Waals surface area contributed by atoms with E-state index in [-0.39, 0.29) is 5.78 Å². The summed E-state index contributed by atoms with van der Waals surface area (Å²) < 4.78 is 0. The van der Waals surface area contributed by atoms with Gasteiger partial charge in [0.1, 0.15) is 0 Å². The Morgan fingerprint density at radius 1 is 0.812 bits per heavy atom. The lowest BCUT2D eigenvalue weighted by atomic mass is 10.0. The molecule has 78 valence electrons. The van der Waals surface area contributed by atoms with Crippen LogP contribution in [0.15, 0.2) is 48.5 Å². The molecule has 16 heavy (non-hydrogen) atoms. The lowest BCUT2D eigenvalue weighted by Crippen LogP contribution is -1.90. The molecular formula is C15H12O. The number of rotatable bonds is 1. The summed E-state index contributed by atoms with van der Waals surface area (Å²) in [5.41, 5.74) is 4.53. The Bertz CT molecular complexity index is 541. The Hall–Kier alpha value is -1.89. The zero-order chi connectivity index (χ0) is 11.0. The van der Waals surface area contributed by atoms with Crippen molar-refractivity contribution >= 4 is 5.78 Å². The van der Waals surface area contributed by atoms with Crippen molar-refractivity contribution in [3.05, 3.63) is 59.7 Å². The van der Waals surface area contributed by atoms with Gasteiger partial charge in [-0.25, -0.2) is 0 Å². The molecule has 2 aromatic rings. The number of hydrogen-bond acceptors (Lipinski definition) is 1. The topological polar surface area (TPSA) is 17.1 Å². The van der Waals surface area contributed by atoms with Crippen LogP contribution in [-0.2, 0) is 6.42 Å². The normalized spacial score (nSPS) is 13.9. The summed E-state index contributed by atoms with van der Waals surface area (Å²) in [6, 6.07) is 16.4. The fourth-order valence-electron chi connectivity index (χ4n) is 2.27. The van der Waals surface area contributed by atoms with E-state index in [9.17, 15) is 4.79 Å². The second-order valence-corrected chi connectivity index (χ2v) is 4.16. The maximum atomic E-state index is 11.5. The van der Waals surface area contributed by atoms with E-state index in [1.165, 1.54) is 16.7 Å².